The van der Waals surface area contributed by atoms with Crippen molar-refractivity contribution in [1.82, 2.24) is 9.72 Å². The first-order chi connectivity index (χ1) is 10.5. The number of hydrogen-bond acceptors (Lipinski definition) is 3. The Hall–Kier alpha value is -2.36. The van der Waals surface area contributed by atoms with Gasteiger partial charge in [0, 0.05) is 23.4 Å². The number of allylic oxidation sites excluding steroid dienone is 4. The molecule has 0 fully saturated rings. The molecule has 0 unspecified atom stereocenters. The quantitative estimate of drug-likeness (QED) is 0.866. The molecule has 0 radical (unpaired) electrons. The van der Waals surface area contributed by atoms with E-state index < -0.39 is 0 Å². The highest BCUT2D eigenvalue weighted by Crippen LogP contribution is 2.26. The minimum atomic E-state index is 0.00744. The second-order valence-electron chi connectivity index (χ2n) is 5.89. The maximum Gasteiger partial charge on any atom is 0.250 e. The Labute approximate surface area is 129 Å². The van der Waals surface area contributed by atoms with E-state index in [1.54, 1.807) is 10.6 Å². The summed E-state index contributed by atoms with van der Waals surface area (Å²) in [4.78, 5) is 12.1. The average Bonchev–Trinajstić information content (AvgIpc) is 2.81. The molecule has 1 aliphatic carbocycles. The number of aryl methyl sites for hydroxylation is 2. The van der Waals surface area contributed by atoms with E-state index >= 15 is 0 Å². The molecule has 0 aliphatic heterocycles. The number of aromatic nitrogens is 2. The van der Waals surface area contributed by atoms with E-state index in [9.17, 15) is 4.79 Å². The van der Waals surface area contributed by atoms with Crippen LogP contribution in [0.5, 0.6) is 0 Å². The molecule has 0 amide bonds. The van der Waals surface area contributed by atoms with Crippen molar-refractivity contribution in [2.45, 2.75) is 40.2 Å². The lowest BCUT2D eigenvalue weighted by molar-refractivity contribution is 0.393. The Balaban J connectivity index is 1.98. The van der Waals surface area contributed by atoms with Gasteiger partial charge < -0.3 is 9.09 Å². The van der Waals surface area contributed by atoms with Crippen LogP contribution in [0.4, 0.5) is 0 Å². The van der Waals surface area contributed by atoms with Crippen molar-refractivity contribution in [3.63, 3.8) is 0 Å². The minimum absolute atomic E-state index is 0.00744. The average molecular weight is 296 g/mol. The van der Waals surface area contributed by atoms with Gasteiger partial charge in [0.2, 0.25) is 0 Å². The Bertz CT molecular complexity index is 802. The van der Waals surface area contributed by atoms with Crippen LogP contribution in [0.15, 0.2) is 50.9 Å². The molecule has 1 aliphatic rings. The highest BCUT2D eigenvalue weighted by molar-refractivity contribution is 5.66. The third kappa shape index (κ3) is 2.82. The van der Waals surface area contributed by atoms with Gasteiger partial charge in [0.1, 0.15) is 5.76 Å². The van der Waals surface area contributed by atoms with Crippen molar-refractivity contribution in [3.8, 4) is 11.1 Å². The Morgan fingerprint density at radius 1 is 1.27 bits per heavy atom. The highest BCUT2D eigenvalue weighted by Gasteiger charge is 2.13. The van der Waals surface area contributed by atoms with E-state index in [0.29, 0.717) is 6.54 Å². The predicted molar refractivity (Wildman–Crippen MR) is 86.7 cm³/mol. The molecule has 2 heterocycles. The zero-order valence-corrected chi connectivity index (χ0v) is 13.2. The molecule has 0 atom stereocenters. The summed E-state index contributed by atoms with van der Waals surface area (Å²) in [6.07, 6.45) is 8.45. The standard InChI is InChI=1S/C18H20N2O2/c1-12-5-4-6-15(9-12)10-20-11-16(7-8-17(20)21)18-13(2)19-22-14(18)3/h6-9,11H,4-5,10H2,1-3H3. The van der Waals surface area contributed by atoms with Gasteiger partial charge in [0.15, 0.2) is 0 Å². The van der Waals surface area contributed by atoms with Gasteiger partial charge in [-0.2, -0.15) is 0 Å². The molecule has 0 saturated heterocycles. The summed E-state index contributed by atoms with van der Waals surface area (Å²) >= 11 is 0. The van der Waals surface area contributed by atoms with Gasteiger partial charge in [0.05, 0.1) is 12.2 Å². The summed E-state index contributed by atoms with van der Waals surface area (Å²) in [6.45, 7) is 6.54. The summed E-state index contributed by atoms with van der Waals surface area (Å²) in [6, 6.07) is 3.45. The summed E-state index contributed by atoms with van der Waals surface area (Å²) in [7, 11) is 0. The Morgan fingerprint density at radius 2 is 2.09 bits per heavy atom. The molecule has 2 aromatic heterocycles. The first kappa shape index (κ1) is 14.6. The third-order valence-corrected chi connectivity index (χ3v) is 4.04. The number of pyridine rings is 1. The second kappa shape index (κ2) is 5.79. The first-order valence-electron chi connectivity index (χ1n) is 7.54. The highest BCUT2D eigenvalue weighted by atomic mass is 16.5. The van der Waals surface area contributed by atoms with E-state index in [1.165, 1.54) is 11.1 Å². The minimum Gasteiger partial charge on any atom is -0.361 e. The smallest absolute Gasteiger partial charge is 0.250 e. The maximum atomic E-state index is 12.1. The molecular weight excluding hydrogens is 276 g/mol. The molecule has 114 valence electrons. The van der Waals surface area contributed by atoms with Crippen LogP contribution in [0, 0.1) is 13.8 Å². The largest absolute Gasteiger partial charge is 0.361 e. The van der Waals surface area contributed by atoms with Crippen LogP contribution in [-0.4, -0.2) is 9.72 Å². The van der Waals surface area contributed by atoms with Crippen LogP contribution >= 0.6 is 0 Å². The van der Waals surface area contributed by atoms with Gasteiger partial charge in [0.25, 0.3) is 5.56 Å². The van der Waals surface area contributed by atoms with Gasteiger partial charge in [-0.3, -0.25) is 4.79 Å². The second-order valence-corrected chi connectivity index (χ2v) is 5.89. The Morgan fingerprint density at radius 3 is 2.77 bits per heavy atom. The molecule has 2 aromatic rings. The molecule has 4 nitrogen and oxygen atoms in total. The fourth-order valence-electron chi connectivity index (χ4n) is 2.94. The van der Waals surface area contributed by atoms with Crippen molar-refractivity contribution in [3.05, 3.63) is 63.4 Å². The van der Waals surface area contributed by atoms with Crippen LogP contribution < -0.4 is 5.56 Å². The molecule has 0 bridgehead atoms. The lowest BCUT2D eigenvalue weighted by Crippen LogP contribution is -2.19. The molecule has 0 N–H and O–H groups in total. The number of nitrogens with zero attached hydrogens (tertiary/aromatic N) is 2. The summed E-state index contributed by atoms with van der Waals surface area (Å²) in [5, 5.41) is 3.99. The van der Waals surface area contributed by atoms with Crippen molar-refractivity contribution < 1.29 is 4.52 Å². The molecule has 0 aromatic carbocycles. The molecule has 22 heavy (non-hydrogen) atoms. The molecule has 3 rings (SSSR count). The van der Waals surface area contributed by atoms with Crippen LogP contribution in [0.3, 0.4) is 0 Å². The zero-order chi connectivity index (χ0) is 15.7. The van der Waals surface area contributed by atoms with E-state index in [2.05, 4.69) is 24.2 Å². The fourth-order valence-corrected chi connectivity index (χ4v) is 2.94. The van der Waals surface area contributed by atoms with E-state index in [4.69, 9.17) is 4.52 Å². The lowest BCUT2D eigenvalue weighted by Gasteiger charge is -2.13. The zero-order valence-electron chi connectivity index (χ0n) is 13.2. The topological polar surface area (TPSA) is 48.0 Å². The lowest BCUT2D eigenvalue weighted by atomic mass is 10.0. The maximum absolute atomic E-state index is 12.1. The van der Waals surface area contributed by atoms with Crippen LogP contribution in [0.1, 0.15) is 31.2 Å². The first-order valence-corrected chi connectivity index (χ1v) is 7.54. The van der Waals surface area contributed by atoms with Crippen molar-refractivity contribution in [1.29, 1.82) is 0 Å². The van der Waals surface area contributed by atoms with Gasteiger partial charge in [-0.05, 0) is 45.3 Å². The van der Waals surface area contributed by atoms with Crippen LogP contribution in [-0.2, 0) is 6.54 Å². The van der Waals surface area contributed by atoms with E-state index in [1.807, 2.05) is 26.1 Å². The van der Waals surface area contributed by atoms with Gasteiger partial charge >= 0.3 is 0 Å². The Kier molecular flexibility index (Phi) is 3.84. The fraction of sp³-hybridized carbons (Fsp3) is 0.333. The van der Waals surface area contributed by atoms with Crippen molar-refractivity contribution in [2.75, 3.05) is 0 Å². The summed E-state index contributed by atoms with van der Waals surface area (Å²) in [5.74, 6) is 0.773. The number of hydrogen-bond donors (Lipinski definition) is 0. The van der Waals surface area contributed by atoms with Crippen molar-refractivity contribution in [2.24, 2.45) is 0 Å². The van der Waals surface area contributed by atoms with Gasteiger partial charge in [-0.1, -0.05) is 22.9 Å². The third-order valence-electron chi connectivity index (χ3n) is 4.04. The van der Waals surface area contributed by atoms with Crippen LogP contribution in [0.2, 0.25) is 0 Å². The molecule has 4 heteroatoms. The molecule has 0 saturated carbocycles. The van der Waals surface area contributed by atoms with E-state index in [0.717, 1.165) is 35.4 Å². The number of rotatable bonds is 3. The van der Waals surface area contributed by atoms with Gasteiger partial charge in [-0.15, -0.1) is 0 Å². The summed E-state index contributed by atoms with van der Waals surface area (Å²) in [5.41, 5.74) is 5.35. The van der Waals surface area contributed by atoms with Gasteiger partial charge in [-0.25, -0.2) is 0 Å². The monoisotopic (exact) mass is 296 g/mol. The molecule has 0 spiro atoms. The summed E-state index contributed by atoms with van der Waals surface area (Å²) < 4.78 is 6.98. The normalized spacial score (nSPS) is 14.7. The van der Waals surface area contributed by atoms with Crippen molar-refractivity contribution >= 4 is 0 Å². The molecular formula is C18H20N2O2. The van der Waals surface area contributed by atoms with Crippen LogP contribution in [0.25, 0.3) is 11.1 Å². The van der Waals surface area contributed by atoms with E-state index in [-0.39, 0.29) is 5.56 Å². The SMILES string of the molecule is CC1=CC(Cn2cc(-c3c(C)noc3C)ccc2=O)=CCC1. The predicted octanol–water partition coefficient (Wildman–Crippen LogP) is 3.79.